The molecule has 0 unspecified atom stereocenters. The van der Waals surface area contributed by atoms with E-state index in [1.807, 2.05) is 6.07 Å². The Labute approximate surface area is 142 Å². The Hall–Kier alpha value is -3.61. The van der Waals surface area contributed by atoms with Crippen LogP contribution in [-0.2, 0) is 9.59 Å². The first-order valence-corrected chi connectivity index (χ1v) is 7.49. The molecule has 1 N–H and O–H groups in total. The molecule has 2 aromatic rings. The van der Waals surface area contributed by atoms with Gasteiger partial charge in [-0.1, -0.05) is 30.3 Å². The number of nitrogens with one attached hydrogen (secondary N) is 1. The predicted octanol–water partition coefficient (Wildman–Crippen LogP) is 2.08. The first kappa shape index (κ1) is 14.9. The number of hydrogen-bond acceptors (Lipinski definition) is 5. The van der Waals surface area contributed by atoms with Gasteiger partial charge in [-0.05, 0) is 23.8 Å². The van der Waals surface area contributed by atoms with Crippen molar-refractivity contribution in [2.75, 3.05) is 11.7 Å². The Morgan fingerprint density at radius 2 is 1.72 bits per heavy atom. The van der Waals surface area contributed by atoms with Crippen LogP contribution in [0.1, 0.15) is 5.56 Å². The summed E-state index contributed by atoms with van der Waals surface area (Å²) in [5.41, 5.74) is 0.850. The van der Waals surface area contributed by atoms with Crippen LogP contribution >= 0.6 is 0 Å². The van der Waals surface area contributed by atoms with Crippen LogP contribution in [-0.4, -0.2) is 24.6 Å². The number of carbonyl (C=O) groups is 3. The number of urea groups is 1. The number of imide groups is 2. The van der Waals surface area contributed by atoms with Crippen LogP contribution in [0.15, 0.2) is 54.1 Å². The van der Waals surface area contributed by atoms with Crippen molar-refractivity contribution in [3.63, 3.8) is 0 Å². The van der Waals surface area contributed by atoms with Crippen LogP contribution in [0.25, 0.3) is 6.08 Å². The SMILES string of the molecule is O=C1NC(=O)N(c2ccc3c(c2)OCO3)C(=O)/C1=C/c1ccccc1. The first-order chi connectivity index (χ1) is 12.1. The fourth-order valence-electron chi connectivity index (χ4n) is 2.63. The molecule has 0 saturated carbocycles. The predicted molar refractivity (Wildman–Crippen MR) is 88.0 cm³/mol. The second kappa shape index (κ2) is 5.79. The number of benzene rings is 2. The van der Waals surface area contributed by atoms with Crippen LogP contribution in [0, 0.1) is 0 Å². The minimum Gasteiger partial charge on any atom is -0.454 e. The number of rotatable bonds is 2. The summed E-state index contributed by atoms with van der Waals surface area (Å²) in [7, 11) is 0. The largest absolute Gasteiger partial charge is 0.454 e. The Balaban J connectivity index is 1.73. The number of carbonyl (C=O) groups excluding carboxylic acids is 3. The molecule has 4 amide bonds. The van der Waals surface area contributed by atoms with Gasteiger partial charge < -0.3 is 9.47 Å². The van der Waals surface area contributed by atoms with Crippen molar-refractivity contribution in [3.8, 4) is 11.5 Å². The molecule has 7 nitrogen and oxygen atoms in total. The minimum atomic E-state index is -0.806. The molecule has 124 valence electrons. The monoisotopic (exact) mass is 336 g/mol. The number of amides is 4. The zero-order chi connectivity index (χ0) is 17.4. The first-order valence-electron chi connectivity index (χ1n) is 7.49. The molecule has 7 heteroatoms. The van der Waals surface area contributed by atoms with E-state index in [1.54, 1.807) is 36.4 Å². The van der Waals surface area contributed by atoms with E-state index in [-0.39, 0.29) is 12.4 Å². The maximum absolute atomic E-state index is 12.8. The summed E-state index contributed by atoms with van der Waals surface area (Å²) in [5.74, 6) is -0.458. The highest BCUT2D eigenvalue weighted by Crippen LogP contribution is 2.36. The van der Waals surface area contributed by atoms with E-state index in [0.29, 0.717) is 22.7 Å². The molecule has 1 fully saturated rings. The Bertz CT molecular complexity index is 920. The highest BCUT2D eigenvalue weighted by molar-refractivity contribution is 6.39. The average molecular weight is 336 g/mol. The van der Waals surface area contributed by atoms with Gasteiger partial charge in [-0.2, -0.15) is 0 Å². The summed E-state index contributed by atoms with van der Waals surface area (Å²) >= 11 is 0. The van der Waals surface area contributed by atoms with E-state index in [9.17, 15) is 14.4 Å². The Morgan fingerprint density at radius 3 is 2.52 bits per heavy atom. The molecule has 0 atom stereocenters. The molecule has 4 rings (SSSR count). The van der Waals surface area contributed by atoms with Crippen molar-refractivity contribution >= 4 is 29.6 Å². The van der Waals surface area contributed by atoms with Crippen molar-refractivity contribution in [3.05, 3.63) is 59.7 Å². The van der Waals surface area contributed by atoms with Crippen LogP contribution in [0.5, 0.6) is 11.5 Å². The molecule has 0 bridgehead atoms. The number of ether oxygens (including phenoxy) is 2. The zero-order valence-electron chi connectivity index (χ0n) is 12.9. The molecule has 2 aliphatic rings. The number of nitrogens with zero attached hydrogens (tertiary/aromatic N) is 1. The topological polar surface area (TPSA) is 84.9 Å². The van der Waals surface area contributed by atoms with Gasteiger partial charge in [0.15, 0.2) is 11.5 Å². The summed E-state index contributed by atoms with van der Waals surface area (Å²) in [4.78, 5) is 37.9. The van der Waals surface area contributed by atoms with Crippen molar-refractivity contribution in [2.24, 2.45) is 0 Å². The van der Waals surface area contributed by atoms with E-state index in [1.165, 1.54) is 12.1 Å². The molecule has 2 heterocycles. The van der Waals surface area contributed by atoms with Crippen LogP contribution in [0.3, 0.4) is 0 Å². The summed E-state index contributed by atoms with van der Waals surface area (Å²) < 4.78 is 10.5. The molecule has 25 heavy (non-hydrogen) atoms. The molecule has 2 aliphatic heterocycles. The quantitative estimate of drug-likeness (QED) is 0.670. The standard InChI is InChI=1S/C18H12N2O5/c21-16-13(8-11-4-2-1-3-5-11)17(22)20(18(23)19-16)12-6-7-14-15(9-12)25-10-24-14/h1-9H,10H2,(H,19,21,23)/b13-8+. The molecule has 0 radical (unpaired) electrons. The number of hydrogen-bond donors (Lipinski definition) is 1. The van der Waals surface area contributed by atoms with E-state index in [4.69, 9.17) is 9.47 Å². The third-order valence-corrected chi connectivity index (χ3v) is 3.83. The smallest absolute Gasteiger partial charge is 0.335 e. The summed E-state index contributed by atoms with van der Waals surface area (Å²) in [6.07, 6.45) is 1.45. The van der Waals surface area contributed by atoms with Gasteiger partial charge >= 0.3 is 6.03 Å². The maximum Gasteiger partial charge on any atom is 0.335 e. The number of anilines is 1. The molecular formula is C18H12N2O5. The van der Waals surface area contributed by atoms with E-state index in [2.05, 4.69) is 5.32 Å². The zero-order valence-corrected chi connectivity index (χ0v) is 12.9. The molecule has 2 aromatic carbocycles. The Morgan fingerprint density at radius 1 is 0.960 bits per heavy atom. The summed E-state index contributed by atoms with van der Waals surface area (Å²) in [5, 5.41) is 2.18. The lowest BCUT2D eigenvalue weighted by molar-refractivity contribution is -0.122. The van der Waals surface area contributed by atoms with Gasteiger partial charge in [0.05, 0.1) is 5.69 Å². The lowest BCUT2D eigenvalue weighted by atomic mass is 10.1. The van der Waals surface area contributed by atoms with Gasteiger partial charge in [0.2, 0.25) is 6.79 Å². The fraction of sp³-hybridized carbons (Fsp3) is 0.0556. The summed E-state index contributed by atoms with van der Waals surface area (Å²) in [6, 6.07) is 12.8. The highest BCUT2D eigenvalue weighted by Gasteiger charge is 2.37. The van der Waals surface area contributed by atoms with E-state index >= 15 is 0 Å². The molecule has 0 aromatic heterocycles. The second-order valence-electron chi connectivity index (χ2n) is 5.41. The summed E-state index contributed by atoms with van der Waals surface area (Å²) in [6.45, 7) is 0.0799. The molecule has 1 saturated heterocycles. The van der Waals surface area contributed by atoms with E-state index < -0.39 is 17.8 Å². The normalized spacial score (nSPS) is 17.8. The number of barbiturate groups is 1. The third kappa shape index (κ3) is 2.61. The maximum atomic E-state index is 12.8. The molecule has 0 aliphatic carbocycles. The highest BCUT2D eigenvalue weighted by atomic mass is 16.7. The van der Waals surface area contributed by atoms with Crippen molar-refractivity contribution in [2.45, 2.75) is 0 Å². The van der Waals surface area contributed by atoms with Crippen LogP contribution in [0.4, 0.5) is 10.5 Å². The van der Waals surface area contributed by atoms with Crippen molar-refractivity contribution in [1.29, 1.82) is 0 Å². The van der Waals surface area contributed by atoms with Gasteiger partial charge in [-0.3, -0.25) is 14.9 Å². The second-order valence-corrected chi connectivity index (χ2v) is 5.41. The van der Waals surface area contributed by atoms with E-state index in [0.717, 1.165) is 4.90 Å². The fourth-order valence-corrected chi connectivity index (χ4v) is 2.63. The molecule has 0 spiro atoms. The van der Waals surface area contributed by atoms with Crippen molar-refractivity contribution < 1.29 is 23.9 Å². The lowest BCUT2D eigenvalue weighted by Crippen LogP contribution is -2.54. The van der Waals surface area contributed by atoms with Gasteiger partial charge in [-0.15, -0.1) is 0 Å². The van der Waals surface area contributed by atoms with Crippen LogP contribution < -0.4 is 19.7 Å². The number of fused-ring (bicyclic) bond motifs is 1. The van der Waals surface area contributed by atoms with Gasteiger partial charge in [0, 0.05) is 6.07 Å². The van der Waals surface area contributed by atoms with Gasteiger partial charge in [0.1, 0.15) is 5.57 Å². The van der Waals surface area contributed by atoms with Crippen molar-refractivity contribution in [1.82, 2.24) is 5.32 Å². The Kier molecular flexibility index (Phi) is 3.46. The third-order valence-electron chi connectivity index (χ3n) is 3.83. The van der Waals surface area contributed by atoms with Gasteiger partial charge in [0.25, 0.3) is 11.8 Å². The van der Waals surface area contributed by atoms with Gasteiger partial charge in [-0.25, -0.2) is 9.69 Å². The average Bonchev–Trinajstić information content (AvgIpc) is 3.07. The molecular weight excluding hydrogens is 324 g/mol. The van der Waals surface area contributed by atoms with Crippen LogP contribution in [0.2, 0.25) is 0 Å². The minimum absolute atomic E-state index is 0.0799. The lowest BCUT2D eigenvalue weighted by Gasteiger charge is -2.26.